The molecule has 0 radical (unpaired) electrons. The summed E-state index contributed by atoms with van der Waals surface area (Å²) in [6.45, 7) is 1.48. The van der Waals surface area contributed by atoms with Gasteiger partial charge in [-0.15, -0.1) is 0 Å². The molecule has 0 aliphatic heterocycles. The van der Waals surface area contributed by atoms with Crippen LogP contribution < -0.4 is 9.62 Å². The van der Waals surface area contributed by atoms with Gasteiger partial charge in [-0.05, 0) is 55.0 Å². The molecule has 0 bridgehead atoms. The van der Waals surface area contributed by atoms with E-state index in [1.54, 1.807) is 30.3 Å². The molecule has 5 nitrogen and oxygen atoms in total. The van der Waals surface area contributed by atoms with E-state index in [0.29, 0.717) is 15.6 Å². The fraction of sp³-hybridized carbons (Fsp3) is 0.136. The van der Waals surface area contributed by atoms with Gasteiger partial charge in [-0.25, -0.2) is 8.42 Å². The molecule has 0 saturated carbocycles. The maximum atomic E-state index is 13.4. The Morgan fingerprint density at radius 2 is 1.56 bits per heavy atom. The van der Waals surface area contributed by atoms with E-state index in [9.17, 15) is 13.2 Å². The van der Waals surface area contributed by atoms with E-state index in [4.69, 9.17) is 46.4 Å². The number of rotatable bonds is 7. The summed E-state index contributed by atoms with van der Waals surface area (Å²) in [5.74, 6) is -0.530. The van der Waals surface area contributed by atoms with E-state index in [1.165, 1.54) is 30.3 Å². The molecular weight excluding hydrogens is 514 g/mol. The van der Waals surface area contributed by atoms with Crippen LogP contribution in [0.3, 0.4) is 0 Å². The van der Waals surface area contributed by atoms with Crippen molar-refractivity contribution in [1.29, 1.82) is 0 Å². The highest BCUT2D eigenvalue weighted by molar-refractivity contribution is 7.92. The highest BCUT2D eigenvalue weighted by atomic mass is 35.5. The molecule has 1 N–H and O–H groups in total. The minimum absolute atomic E-state index is 0.0442. The van der Waals surface area contributed by atoms with Gasteiger partial charge in [-0.2, -0.15) is 0 Å². The Bertz CT molecular complexity index is 1250. The molecule has 0 aliphatic rings. The lowest BCUT2D eigenvalue weighted by atomic mass is 10.2. The van der Waals surface area contributed by atoms with Gasteiger partial charge in [0.1, 0.15) is 6.54 Å². The first-order valence-corrected chi connectivity index (χ1v) is 12.3. The Balaban J connectivity index is 1.89. The van der Waals surface area contributed by atoms with Gasteiger partial charge in [-0.1, -0.05) is 70.2 Å². The number of anilines is 1. The Hall–Kier alpha value is -1.96. The smallest absolute Gasteiger partial charge is 0.264 e. The molecule has 0 spiro atoms. The van der Waals surface area contributed by atoms with Crippen LogP contribution in [-0.2, 0) is 21.4 Å². The van der Waals surface area contributed by atoms with E-state index < -0.39 is 22.5 Å². The number of carbonyl (C=O) groups is 1. The van der Waals surface area contributed by atoms with Crippen molar-refractivity contribution in [3.8, 4) is 0 Å². The van der Waals surface area contributed by atoms with Gasteiger partial charge in [0.15, 0.2) is 0 Å². The topological polar surface area (TPSA) is 66.5 Å². The Labute approximate surface area is 206 Å². The van der Waals surface area contributed by atoms with Crippen LogP contribution in [-0.4, -0.2) is 20.9 Å². The Morgan fingerprint density at radius 1 is 0.875 bits per heavy atom. The molecule has 10 heteroatoms. The Morgan fingerprint density at radius 3 is 2.19 bits per heavy atom. The van der Waals surface area contributed by atoms with Crippen LogP contribution in [0.2, 0.25) is 20.1 Å². The van der Waals surface area contributed by atoms with Crippen molar-refractivity contribution in [2.75, 3.05) is 10.8 Å². The van der Waals surface area contributed by atoms with E-state index in [0.717, 1.165) is 9.87 Å². The number of sulfonamides is 1. The third-order valence-electron chi connectivity index (χ3n) is 4.58. The summed E-state index contributed by atoms with van der Waals surface area (Å²) >= 11 is 24.1. The molecule has 1 amide bonds. The van der Waals surface area contributed by atoms with E-state index >= 15 is 0 Å². The molecule has 0 atom stereocenters. The number of benzene rings is 3. The number of amides is 1. The van der Waals surface area contributed by atoms with Crippen molar-refractivity contribution in [3.05, 3.63) is 91.9 Å². The van der Waals surface area contributed by atoms with Crippen LogP contribution in [0, 0.1) is 6.92 Å². The van der Waals surface area contributed by atoms with Crippen molar-refractivity contribution >= 4 is 68.0 Å². The normalized spacial score (nSPS) is 11.3. The van der Waals surface area contributed by atoms with Crippen LogP contribution in [0.4, 0.5) is 5.69 Å². The van der Waals surface area contributed by atoms with Gasteiger partial charge in [0.2, 0.25) is 5.91 Å². The zero-order chi connectivity index (χ0) is 23.5. The van der Waals surface area contributed by atoms with Crippen molar-refractivity contribution in [1.82, 2.24) is 5.32 Å². The molecule has 168 valence electrons. The second kappa shape index (κ2) is 10.3. The lowest BCUT2D eigenvalue weighted by Gasteiger charge is -2.24. The number of carbonyl (C=O) groups excluding carboxylic acids is 1. The van der Waals surface area contributed by atoms with Gasteiger partial charge in [0, 0.05) is 16.6 Å². The standard InChI is InChI=1S/C22H18Cl4N2O3S/c1-14-2-7-18(8-3-14)32(30,31)28(17-6-9-19(24)21(26)11-17)13-22(29)27-12-15-4-5-16(23)10-20(15)25/h2-11H,12-13H2,1H3,(H,27,29). The van der Waals surface area contributed by atoms with E-state index in [1.807, 2.05) is 6.92 Å². The molecular formula is C22H18Cl4N2O3S. The quantitative estimate of drug-likeness (QED) is 0.399. The molecule has 0 heterocycles. The van der Waals surface area contributed by atoms with Gasteiger partial charge in [0.25, 0.3) is 10.0 Å². The van der Waals surface area contributed by atoms with Crippen molar-refractivity contribution in [2.45, 2.75) is 18.4 Å². The zero-order valence-electron chi connectivity index (χ0n) is 16.8. The first-order chi connectivity index (χ1) is 15.1. The van der Waals surface area contributed by atoms with Crippen LogP contribution >= 0.6 is 46.4 Å². The summed E-state index contributed by atoms with van der Waals surface area (Å²) in [6, 6.07) is 15.6. The molecule has 32 heavy (non-hydrogen) atoms. The first-order valence-electron chi connectivity index (χ1n) is 9.33. The average Bonchev–Trinajstić information content (AvgIpc) is 2.73. The van der Waals surface area contributed by atoms with Crippen molar-refractivity contribution in [2.24, 2.45) is 0 Å². The number of hydrogen-bond donors (Lipinski definition) is 1. The fourth-order valence-corrected chi connectivity index (χ4v) is 5.02. The largest absolute Gasteiger partial charge is 0.350 e. The summed E-state index contributed by atoms with van der Waals surface area (Å²) in [5, 5.41) is 3.99. The number of halogens is 4. The van der Waals surface area contributed by atoms with Crippen LogP contribution in [0.25, 0.3) is 0 Å². The summed E-state index contributed by atoms with van der Waals surface area (Å²) in [4.78, 5) is 12.8. The fourth-order valence-electron chi connectivity index (χ4n) is 2.84. The van der Waals surface area contributed by atoms with Gasteiger partial charge in [0.05, 0.1) is 20.6 Å². The first kappa shape index (κ1) is 24.7. The summed E-state index contributed by atoms with van der Waals surface area (Å²) in [6.07, 6.45) is 0. The van der Waals surface area contributed by atoms with Crippen molar-refractivity contribution < 1.29 is 13.2 Å². The predicted molar refractivity (Wildman–Crippen MR) is 130 cm³/mol. The maximum Gasteiger partial charge on any atom is 0.264 e. The second-order valence-corrected chi connectivity index (χ2v) is 10.5. The summed E-state index contributed by atoms with van der Waals surface area (Å²) in [5.41, 5.74) is 1.76. The lowest BCUT2D eigenvalue weighted by Crippen LogP contribution is -2.40. The SMILES string of the molecule is Cc1ccc(S(=O)(=O)N(CC(=O)NCc2ccc(Cl)cc2Cl)c2ccc(Cl)c(Cl)c2)cc1. The highest BCUT2D eigenvalue weighted by Crippen LogP contribution is 2.30. The van der Waals surface area contributed by atoms with E-state index in [2.05, 4.69) is 5.32 Å². The molecule has 3 aromatic carbocycles. The van der Waals surface area contributed by atoms with Gasteiger partial charge < -0.3 is 5.32 Å². The van der Waals surface area contributed by atoms with Crippen molar-refractivity contribution in [3.63, 3.8) is 0 Å². The molecule has 0 fully saturated rings. The van der Waals surface area contributed by atoms with E-state index in [-0.39, 0.29) is 27.2 Å². The molecule has 0 aliphatic carbocycles. The molecule has 0 aromatic heterocycles. The molecule has 0 saturated heterocycles. The number of nitrogens with zero attached hydrogens (tertiary/aromatic N) is 1. The Kier molecular flexibility index (Phi) is 7.96. The highest BCUT2D eigenvalue weighted by Gasteiger charge is 2.27. The number of aryl methyl sites for hydroxylation is 1. The third-order valence-corrected chi connectivity index (χ3v) is 7.69. The minimum Gasteiger partial charge on any atom is -0.350 e. The number of hydrogen-bond acceptors (Lipinski definition) is 3. The van der Waals surface area contributed by atoms with Crippen LogP contribution in [0.5, 0.6) is 0 Å². The molecule has 0 unspecified atom stereocenters. The van der Waals surface area contributed by atoms with Crippen LogP contribution in [0.15, 0.2) is 65.6 Å². The van der Waals surface area contributed by atoms with Gasteiger partial charge >= 0.3 is 0 Å². The maximum absolute atomic E-state index is 13.4. The lowest BCUT2D eigenvalue weighted by molar-refractivity contribution is -0.119. The third kappa shape index (κ3) is 5.88. The average molecular weight is 532 g/mol. The van der Waals surface area contributed by atoms with Crippen LogP contribution in [0.1, 0.15) is 11.1 Å². The minimum atomic E-state index is -4.07. The second-order valence-electron chi connectivity index (χ2n) is 6.94. The monoisotopic (exact) mass is 530 g/mol. The predicted octanol–water partition coefficient (Wildman–Crippen LogP) is 6.12. The van der Waals surface area contributed by atoms with Gasteiger partial charge in [-0.3, -0.25) is 9.10 Å². The zero-order valence-corrected chi connectivity index (χ0v) is 20.6. The molecule has 3 rings (SSSR count). The molecule has 3 aromatic rings. The summed E-state index contributed by atoms with van der Waals surface area (Å²) in [7, 11) is -4.07. The summed E-state index contributed by atoms with van der Waals surface area (Å²) < 4.78 is 27.7. The number of nitrogens with one attached hydrogen (secondary N) is 1.